The zero-order valence-corrected chi connectivity index (χ0v) is 60.9. The second kappa shape index (κ2) is 31.7. The molecule has 0 aliphatic heterocycles. The quantitative estimate of drug-likeness (QED) is 0.0725. The number of benzene rings is 9. The van der Waals surface area contributed by atoms with Crippen LogP contribution in [0.25, 0.3) is 15.3 Å². The second-order valence-corrected chi connectivity index (χ2v) is 37.9. The summed E-state index contributed by atoms with van der Waals surface area (Å²) in [6.45, 7) is 0. The average molecular weight is 1550 g/mol. The molecule has 93 heavy (non-hydrogen) atoms. The fourth-order valence-electron chi connectivity index (χ4n) is 20.0. The summed E-state index contributed by atoms with van der Waals surface area (Å²) < 4.78 is 0. The van der Waals surface area contributed by atoms with Gasteiger partial charge in [0.2, 0.25) is 0 Å². The summed E-state index contributed by atoms with van der Waals surface area (Å²) in [6.07, 6.45) is 25.7. The minimum Gasteiger partial charge on any atom is -0.623 e. The average Bonchev–Trinajstić information content (AvgIpc) is 0.817. The molecule has 0 unspecified atom stereocenters. The number of nitrogens with zero attached hydrogens (tertiary/aromatic N) is 3. The third-order valence-electron chi connectivity index (χ3n) is 22.4. The Kier molecular flexibility index (Phi) is 23.3. The van der Waals surface area contributed by atoms with Gasteiger partial charge in [0.05, 0.1) is 29.1 Å². The molecule has 12 fully saturated rings. The summed E-state index contributed by atoms with van der Waals surface area (Å²) >= 11 is 0. The monoisotopic (exact) mass is 1550 g/mol. The Balaban J connectivity index is 0.000000113. The van der Waals surface area contributed by atoms with E-state index < -0.39 is 32.1 Å². The molecule has 12 saturated carbocycles. The molecule has 0 aromatic heterocycles. The number of hydrogen-bond acceptors (Lipinski definition) is 0. The van der Waals surface area contributed by atoms with Crippen LogP contribution in [0.3, 0.4) is 0 Å². The molecule has 0 radical (unpaired) electrons. The van der Waals surface area contributed by atoms with E-state index in [1.165, 1.54) is 163 Å². The van der Waals surface area contributed by atoms with Crippen molar-refractivity contribution < 1.29 is 67.3 Å². The minimum absolute atomic E-state index is 0. The van der Waals surface area contributed by atoms with Crippen molar-refractivity contribution in [3.63, 3.8) is 0 Å². The van der Waals surface area contributed by atoms with Crippen LogP contribution in [0.1, 0.15) is 116 Å². The molecule has 12 bridgehead atoms. The molecule has 0 heterocycles. The Morgan fingerprint density at radius 3 is 0.645 bits per heavy atom. The molecule has 9 aromatic carbocycles. The van der Waals surface area contributed by atoms with E-state index >= 15 is 0 Å². The summed E-state index contributed by atoms with van der Waals surface area (Å²) in [4.78, 5) is 0. The molecule has 0 atom stereocenters. The van der Waals surface area contributed by atoms with Crippen molar-refractivity contribution in [2.75, 3.05) is 0 Å². The first kappa shape index (κ1) is 68.3. The molecule has 12 aliphatic rings. The summed E-state index contributed by atoms with van der Waals surface area (Å²) in [7, 11) is -3.53. The van der Waals surface area contributed by atoms with Crippen LogP contribution in [0.2, 0.25) is 0 Å². The van der Waals surface area contributed by atoms with Crippen LogP contribution in [0.4, 0.5) is 0 Å². The molecular formula is C84H93N3P4PdYb+2. The SMILES string of the molecule is [Pd].[Yb+2].c1ccc(P([N-]C23CC4CC(CC(C4)C2)C3)c2ccccc2)cc1.c1ccc([PH+]([N-]C23CC4CC(CC(C4)C2)C3)c2ccccc2)cc1.c1ccc([PH+]([N-]C23CC4CC(CC(C4)C2)C3)c2ccccc2)cc1.c1ccc([PH+](c2ccccc2)c2ccccc2)cc1. The van der Waals surface area contributed by atoms with Gasteiger partial charge in [0.25, 0.3) is 0 Å². The van der Waals surface area contributed by atoms with E-state index in [1.54, 1.807) is 0 Å². The van der Waals surface area contributed by atoms with Gasteiger partial charge in [-0.05, 0) is 223 Å². The number of rotatable bonds is 15. The van der Waals surface area contributed by atoms with Crippen LogP contribution in [-0.2, 0) is 20.4 Å². The second-order valence-electron chi connectivity index (χ2n) is 29.4. The number of hydrogen-bond donors (Lipinski definition) is 0. The van der Waals surface area contributed by atoms with Crippen molar-refractivity contribution in [2.45, 2.75) is 132 Å². The zero-order chi connectivity index (χ0) is 60.9. The van der Waals surface area contributed by atoms with Crippen molar-refractivity contribution in [1.82, 2.24) is 0 Å². The molecule has 9 aromatic rings. The van der Waals surface area contributed by atoms with Gasteiger partial charge in [-0.15, -0.1) is 5.54 Å². The van der Waals surface area contributed by atoms with E-state index in [0.29, 0.717) is 11.1 Å². The van der Waals surface area contributed by atoms with Gasteiger partial charge < -0.3 is 15.3 Å². The standard InChI is InChI=1S/2C22H26NP.C22H25NP.C18H15P.Pd.Yb/c3*1-3-7-20(8-4-1)24(21-9-5-2-6-10-21)23-22-14-17-11-18(15-22)13-19(12-17)16-22;1-4-10-16(11-5-1)19(17-12-6-2-7-13-17)18-14-8-3-9-15-18;;/h2*1-10,17-19,24H,11-16H2;1-10,17-19H,11-16H2;1-15H;;/q;;-1;;;+2/p+1. The Morgan fingerprint density at radius 2 is 0.430 bits per heavy atom. The maximum Gasteiger partial charge on any atom is 2.00 e. The van der Waals surface area contributed by atoms with Crippen LogP contribution >= 0.6 is 32.1 Å². The molecule has 12 aliphatic carbocycles. The van der Waals surface area contributed by atoms with Crippen molar-refractivity contribution in [3.05, 3.63) is 288 Å². The van der Waals surface area contributed by atoms with Gasteiger partial charge in [0.15, 0.2) is 0 Å². The van der Waals surface area contributed by atoms with Gasteiger partial charge in [-0.25, -0.2) is 0 Å². The van der Waals surface area contributed by atoms with Crippen LogP contribution in [0.15, 0.2) is 273 Å². The fourth-order valence-corrected chi connectivity index (χ4v) is 29.4. The summed E-state index contributed by atoms with van der Waals surface area (Å²) in [5.41, 5.74) is 0.885. The van der Waals surface area contributed by atoms with E-state index in [-0.39, 0.29) is 72.9 Å². The van der Waals surface area contributed by atoms with Crippen LogP contribution in [-0.4, -0.2) is 16.6 Å². The Bertz CT molecular complexity index is 3100. The molecule has 3 nitrogen and oxygen atoms in total. The first-order valence-corrected chi connectivity index (χ1v) is 40.6. The summed E-state index contributed by atoms with van der Waals surface area (Å²) in [5.74, 6) is 8.69. The zero-order valence-electron chi connectivity index (χ0n) is 53.8. The smallest absolute Gasteiger partial charge is 0.623 e. The van der Waals surface area contributed by atoms with E-state index in [2.05, 4.69) is 273 Å². The molecule has 0 saturated heterocycles. The van der Waals surface area contributed by atoms with Crippen molar-refractivity contribution in [2.24, 2.45) is 53.3 Å². The van der Waals surface area contributed by atoms with E-state index in [9.17, 15) is 0 Å². The van der Waals surface area contributed by atoms with E-state index in [1.807, 2.05) is 0 Å². The molecule has 0 amide bonds. The van der Waals surface area contributed by atoms with Crippen molar-refractivity contribution in [3.8, 4) is 0 Å². The van der Waals surface area contributed by atoms with Gasteiger partial charge in [-0.1, -0.05) is 257 Å². The molecule has 0 N–H and O–H groups in total. The minimum atomic E-state index is -1.04. The molecule has 486 valence electrons. The van der Waals surface area contributed by atoms with Crippen LogP contribution < -0.4 is 47.7 Å². The molecule has 9 heteroatoms. The Morgan fingerprint density at radius 1 is 0.247 bits per heavy atom. The van der Waals surface area contributed by atoms with E-state index in [4.69, 9.17) is 15.3 Å². The Labute approximate surface area is 614 Å². The fraction of sp³-hybridized carbons (Fsp3) is 0.357. The third-order valence-corrected chi connectivity index (χ3v) is 32.3. The first-order chi connectivity index (χ1) is 44.8. The first-order valence-electron chi connectivity index (χ1n) is 34.9. The Hall–Kier alpha value is -3.24. The predicted molar refractivity (Wildman–Crippen MR) is 399 cm³/mol. The molecule has 21 rings (SSSR count). The van der Waals surface area contributed by atoms with Gasteiger partial charge in [-0.2, -0.15) is 8.07 Å². The van der Waals surface area contributed by atoms with Crippen molar-refractivity contribution >= 4 is 79.9 Å². The topological polar surface area (TPSA) is 42.3 Å². The van der Waals surface area contributed by atoms with Gasteiger partial charge in [0, 0.05) is 20.4 Å². The summed E-state index contributed by atoms with van der Waals surface area (Å²) in [5, 5.41) is 30.0. The van der Waals surface area contributed by atoms with Gasteiger partial charge in [0.1, 0.15) is 15.9 Å². The van der Waals surface area contributed by atoms with E-state index in [0.717, 1.165) is 53.3 Å². The molecule has 0 spiro atoms. The van der Waals surface area contributed by atoms with Crippen LogP contribution in [0.5, 0.6) is 0 Å². The maximum absolute atomic E-state index is 5.71. The third kappa shape index (κ3) is 16.6. The maximum atomic E-state index is 5.71. The summed E-state index contributed by atoms with van der Waals surface area (Å²) in [6, 6.07) is 98.8. The molecular weight excluding hydrogens is 1450 g/mol. The van der Waals surface area contributed by atoms with Gasteiger partial charge >= 0.3 is 46.9 Å². The predicted octanol–water partition coefficient (Wildman–Crippen LogP) is 18.8. The largest absolute Gasteiger partial charge is 2.00 e. The van der Waals surface area contributed by atoms with Crippen molar-refractivity contribution in [1.29, 1.82) is 0 Å². The van der Waals surface area contributed by atoms with Gasteiger partial charge in [-0.3, -0.25) is 0 Å². The normalized spacial score (nSPS) is 28.5. The van der Waals surface area contributed by atoms with Crippen LogP contribution in [0, 0.1) is 100 Å².